The summed E-state index contributed by atoms with van der Waals surface area (Å²) in [5.74, 6) is -1.21. The normalized spacial score (nSPS) is 14.4. The second kappa shape index (κ2) is 9.69. The lowest BCUT2D eigenvalue weighted by Crippen LogP contribution is -2.56. The predicted octanol–water partition coefficient (Wildman–Crippen LogP) is 2.06. The van der Waals surface area contributed by atoms with E-state index in [1.807, 2.05) is 49.4 Å². The van der Waals surface area contributed by atoms with Crippen molar-refractivity contribution in [3.8, 4) is 0 Å². The van der Waals surface area contributed by atoms with Crippen LogP contribution in [-0.2, 0) is 19.1 Å². The van der Waals surface area contributed by atoms with Gasteiger partial charge in [-0.3, -0.25) is 24.8 Å². The maximum atomic E-state index is 12.9. The van der Waals surface area contributed by atoms with E-state index >= 15 is 0 Å². The number of aryl methyl sites for hydroxylation is 1. The average molecular weight is 408 g/mol. The van der Waals surface area contributed by atoms with E-state index in [2.05, 4.69) is 15.7 Å². The van der Waals surface area contributed by atoms with Gasteiger partial charge in [0.1, 0.15) is 6.54 Å². The largest absolute Gasteiger partial charge is 0.466 e. The fourth-order valence-electron chi connectivity index (χ4n) is 3.00. The van der Waals surface area contributed by atoms with Gasteiger partial charge in [0.05, 0.1) is 24.8 Å². The quantitative estimate of drug-likeness (QED) is 0.683. The van der Waals surface area contributed by atoms with Crippen molar-refractivity contribution in [1.29, 1.82) is 0 Å². The van der Waals surface area contributed by atoms with Gasteiger partial charge in [0.15, 0.2) is 0 Å². The molecular formula is C22H24N4O4. The number of hydrogen-bond donors (Lipinski definition) is 2. The second-order valence-electron chi connectivity index (χ2n) is 6.79. The first-order valence-corrected chi connectivity index (χ1v) is 9.70. The van der Waals surface area contributed by atoms with Gasteiger partial charge < -0.3 is 10.1 Å². The number of amides is 2. The molecule has 3 rings (SSSR count). The van der Waals surface area contributed by atoms with E-state index in [0.29, 0.717) is 5.69 Å². The molecule has 0 radical (unpaired) electrons. The molecule has 0 saturated carbocycles. The molecule has 156 valence electrons. The van der Waals surface area contributed by atoms with Crippen molar-refractivity contribution in [2.75, 3.05) is 18.2 Å². The van der Waals surface area contributed by atoms with Crippen molar-refractivity contribution in [2.24, 2.45) is 4.99 Å². The van der Waals surface area contributed by atoms with Crippen LogP contribution in [0, 0.1) is 6.92 Å². The molecule has 1 unspecified atom stereocenters. The fraction of sp³-hybridized carbons (Fsp3) is 0.273. The Balaban J connectivity index is 1.75. The minimum absolute atomic E-state index is 0.0000324. The summed E-state index contributed by atoms with van der Waals surface area (Å²) in [5.41, 5.74) is 5.21. The third-order valence-corrected chi connectivity index (χ3v) is 4.53. The van der Waals surface area contributed by atoms with Crippen LogP contribution in [0.1, 0.15) is 30.5 Å². The number of carbonyl (C=O) groups is 3. The molecule has 8 heteroatoms. The molecule has 1 aliphatic rings. The molecule has 1 heterocycles. The number of amidine groups is 1. The summed E-state index contributed by atoms with van der Waals surface area (Å²) in [6, 6.07) is 15.9. The molecule has 2 aromatic rings. The van der Waals surface area contributed by atoms with Crippen LogP contribution < -0.4 is 15.8 Å². The first-order chi connectivity index (χ1) is 14.5. The summed E-state index contributed by atoms with van der Waals surface area (Å²) >= 11 is 0. The van der Waals surface area contributed by atoms with Crippen LogP contribution in [0.15, 0.2) is 59.6 Å². The molecule has 1 aliphatic heterocycles. The second-order valence-corrected chi connectivity index (χ2v) is 6.79. The summed E-state index contributed by atoms with van der Waals surface area (Å²) in [5, 5.41) is 4.11. The highest BCUT2D eigenvalue weighted by molar-refractivity contribution is 6.39. The molecular weight excluding hydrogens is 384 g/mol. The van der Waals surface area contributed by atoms with E-state index in [9.17, 15) is 14.4 Å². The fourth-order valence-corrected chi connectivity index (χ4v) is 3.00. The van der Waals surface area contributed by atoms with E-state index in [1.54, 1.807) is 19.1 Å². The van der Waals surface area contributed by atoms with Crippen LogP contribution in [0.2, 0.25) is 0 Å². The number of ether oxygens (including phenoxy) is 1. The van der Waals surface area contributed by atoms with Crippen LogP contribution >= 0.6 is 0 Å². The van der Waals surface area contributed by atoms with Gasteiger partial charge in [0.25, 0.3) is 11.8 Å². The van der Waals surface area contributed by atoms with Crippen LogP contribution in [-0.4, -0.2) is 36.8 Å². The van der Waals surface area contributed by atoms with Gasteiger partial charge >= 0.3 is 5.97 Å². The van der Waals surface area contributed by atoms with Crippen molar-refractivity contribution in [3.05, 3.63) is 65.7 Å². The van der Waals surface area contributed by atoms with Gasteiger partial charge in [0, 0.05) is 0 Å². The summed E-state index contributed by atoms with van der Waals surface area (Å²) < 4.78 is 5.03. The van der Waals surface area contributed by atoms with Crippen LogP contribution in [0.4, 0.5) is 5.69 Å². The maximum Gasteiger partial charge on any atom is 0.308 e. The van der Waals surface area contributed by atoms with Crippen LogP contribution in [0.3, 0.4) is 0 Å². The lowest BCUT2D eigenvalue weighted by atomic mass is 10.0. The Hall–Kier alpha value is -3.68. The van der Waals surface area contributed by atoms with E-state index in [0.717, 1.165) is 11.1 Å². The Morgan fingerprint density at radius 1 is 1.17 bits per heavy atom. The van der Waals surface area contributed by atoms with Crippen molar-refractivity contribution in [1.82, 2.24) is 10.7 Å². The zero-order chi connectivity index (χ0) is 21.5. The lowest BCUT2D eigenvalue weighted by Gasteiger charge is -2.28. The summed E-state index contributed by atoms with van der Waals surface area (Å²) in [6.07, 6.45) is -0.0164. The zero-order valence-corrected chi connectivity index (χ0v) is 16.9. The number of esters is 1. The number of anilines is 1. The number of rotatable bonds is 7. The number of hydrogen-bond acceptors (Lipinski definition) is 6. The first kappa shape index (κ1) is 21.0. The summed E-state index contributed by atoms with van der Waals surface area (Å²) in [7, 11) is 0. The number of hydrazine groups is 1. The van der Waals surface area contributed by atoms with Crippen molar-refractivity contribution >= 4 is 29.3 Å². The molecule has 2 aromatic carbocycles. The van der Waals surface area contributed by atoms with E-state index < -0.39 is 17.9 Å². The number of benzene rings is 2. The molecule has 8 nitrogen and oxygen atoms in total. The van der Waals surface area contributed by atoms with Gasteiger partial charge in [-0.2, -0.15) is 0 Å². The van der Waals surface area contributed by atoms with Crippen LogP contribution in [0.25, 0.3) is 0 Å². The number of nitrogens with one attached hydrogen (secondary N) is 2. The molecule has 0 fully saturated rings. The Morgan fingerprint density at radius 2 is 1.87 bits per heavy atom. The smallest absolute Gasteiger partial charge is 0.308 e. The third kappa shape index (κ3) is 5.22. The molecule has 30 heavy (non-hydrogen) atoms. The van der Waals surface area contributed by atoms with E-state index in [1.165, 1.54) is 5.01 Å². The standard InChI is InChI=1S/C22H24N4O4/c1-3-30-20(28)13-18(16-7-5-4-6-8-16)24-22(29)21-23-14-19(27)26(25-21)17-11-9-15(2)10-12-17/h4-12,18H,3,13-14H2,1-2H3,(H,23,25)(H,24,29). The minimum Gasteiger partial charge on any atom is -0.466 e. The van der Waals surface area contributed by atoms with E-state index in [-0.39, 0.29) is 31.3 Å². The first-order valence-electron chi connectivity index (χ1n) is 9.70. The SMILES string of the molecule is CCOC(=O)CC(NC(=O)C1=NCC(=O)N(c2ccc(C)cc2)N1)c1ccccc1. The van der Waals surface area contributed by atoms with Crippen molar-refractivity contribution < 1.29 is 19.1 Å². The molecule has 1 atom stereocenters. The third-order valence-electron chi connectivity index (χ3n) is 4.53. The summed E-state index contributed by atoms with van der Waals surface area (Å²) in [4.78, 5) is 41.2. The number of nitrogens with zero attached hydrogens (tertiary/aromatic N) is 2. The molecule has 2 amide bonds. The van der Waals surface area contributed by atoms with Gasteiger partial charge in [-0.15, -0.1) is 0 Å². The van der Waals surface area contributed by atoms with E-state index in [4.69, 9.17) is 4.74 Å². The van der Waals surface area contributed by atoms with Crippen molar-refractivity contribution in [3.63, 3.8) is 0 Å². The Bertz CT molecular complexity index is 941. The van der Waals surface area contributed by atoms with Crippen LogP contribution in [0.5, 0.6) is 0 Å². The Kier molecular flexibility index (Phi) is 6.79. The van der Waals surface area contributed by atoms with Gasteiger partial charge in [-0.1, -0.05) is 48.0 Å². The monoisotopic (exact) mass is 408 g/mol. The molecule has 0 aromatic heterocycles. The lowest BCUT2D eigenvalue weighted by molar-refractivity contribution is -0.143. The van der Waals surface area contributed by atoms with Gasteiger partial charge in [-0.25, -0.2) is 5.01 Å². The van der Waals surface area contributed by atoms with Gasteiger partial charge in [-0.05, 0) is 31.5 Å². The topological polar surface area (TPSA) is 100 Å². The zero-order valence-electron chi connectivity index (χ0n) is 16.9. The number of aliphatic imine (C=N–C) groups is 1. The highest BCUT2D eigenvalue weighted by Gasteiger charge is 2.28. The molecule has 0 spiro atoms. The average Bonchev–Trinajstić information content (AvgIpc) is 2.75. The molecule has 0 saturated heterocycles. The minimum atomic E-state index is -0.590. The maximum absolute atomic E-state index is 12.9. The van der Waals surface area contributed by atoms with Gasteiger partial charge in [0.2, 0.25) is 5.84 Å². The highest BCUT2D eigenvalue weighted by Crippen LogP contribution is 2.18. The molecule has 2 N–H and O–H groups in total. The van der Waals surface area contributed by atoms with Crippen molar-refractivity contribution in [2.45, 2.75) is 26.3 Å². The number of carbonyl (C=O) groups excluding carboxylic acids is 3. The molecule has 0 bridgehead atoms. The molecule has 0 aliphatic carbocycles. The summed E-state index contributed by atoms with van der Waals surface area (Å²) in [6.45, 7) is 3.78. The Labute approximate surface area is 174 Å². The highest BCUT2D eigenvalue weighted by atomic mass is 16.5. The predicted molar refractivity (Wildman–Crippen MR) is 113 cm³/mol. The Morgan fingerprint density at radius 3 is 2.53 bits per heavy atom.